The number of nitrogens with one attached hydrogen (secondary N) is 2. The Morgan fingerprint density at radius 2 is 1.72 bits per heavy atom. The third kappa shape index (κ3) is 3.68. The SMILES string of the molecule is N#Cc1ccccc1NC(=S)NC(=O)c1cccc2c(Br)cccc12. The van der Waals surface area contributed by atoms with Crippen LogP contribution in [0, 0.1) is 11.3 Å². The third-order valence-corrected chi connectivity index (χ3v) is 4.53. The first kappa shape index (κ1) is 17.1. The van der Waals surface area contributed by atoms with E-state index < -0.39 is 0 Å². The number of carbonyl (C=O) groups excluding carboxylic acids is 1. The summed E-state index contributed by atoms with van der Waals surface area (Å²) in [4.78, 5) is 12.6. The molecule has 0 aliphatic heterocycles. The molecule has 25 heavy (non-hydrogen) atoms. The van der Waals surface area contributed by atoms with Crippen LogP contribution in [0.25, 0.3) is 10.8 Å². The van der Waals surface area contributed by atoms with E-state index in [-0.39, 0.29) is 11.0 Å². The molecule has 122 valence electrons. The first-order valence-corrected chi connectivity index (χ1v) is 8.59. The molecule has 0 aliphatic carbocycles. The molecule has 0 heterocycles. The average molecular weight is 410 g/mol. The molecule has 3 aromatic carbocycles. The molecule has 2 N–H and O–H groups in total. The Kier molecular flexibility index (Phi) is 5.08. The summed E-state index contributed by atoms with van der Waals surface area (Å²) in [6, 6.07) is 20.2. The zero-order valence-electron chi connectivity index (χ0n) is 12.9. The van der Waals surface area contributed by atoms with Gasteiger partial charge in [-0.2, -0.15) is 5.26 Å². The van der Waals surface area contributed by atoms with Crippen molar-refractivity contribution in [1.82, 2.24) is 5.32 Å². The topological polar surface area (TPSA) is 64.9 Å². The molecule has 6 heteroatoms. The summed E-state index contributed by atoms with van der Waals surface area (Å²) in [6.45, 7) is 0. The number of thiocarbonyl (C=S) groups is 1. The number of anilines is 1. The van der Waals surface area contributed by atoms with Crippen LogP contribution in [0.1, 0.15) is 15.9 Å². The maximum Gasteiger partial charge on any atom is 0.258 e. The van der Waals surface area contributed by atoms with Crippen LogP contribution in [0.5, 0.6) is 0 Å². The van der Waals surface area contributed by atoms with Gasteiger partial charge in [0.1, 0.15) is 6.07 Å². The lowest BCUT2D eigenvalue weighted by molar-refractivity contribution is 0.0979. The fourth-order valence-electron chi connectivity index (χ4n) is 2.48. The van der Waals surface area contributed by atoms with Crippen molar-refractivity contribution in [1.29, 1.82) is 5.26 Å². The molecule has 0 aliphatic rings. The van der Waals surface area contributed by atoms with Crippen molar-refractivity contribution in [3.05, 3.63) is 76.3 Å². The standard InChI is InChI=1S/C19H12BrN3OS/c20-16-9-4-6-13-14(16)7-3-8-15(13)18(24)23-19(25)22-17-10-2-1-5-12(17)11-21/h1-10H,(H2,22,23,24,25). The minimum Gasteiger partial charge on any atom is -0.331 e. The number of nitrogens with zero attached hydrogens (tertiary/aromatic N) is 1. The van der Waals surface area contributed by atoms with Crippen LogP contribution in [-0.4, -0.2) is 11.0 Å². The fraction of sp³-hybridized carbons (Fsp3) is 0. The second-order valence-corrected chi connectivity index (χ2v) is 6.47. The molecule has 0 bridgehead atoms. The summed E-state index contributed by atoms with van der Waals surface area (Å²) in [6.07, 6.45) is 0. The molecule has 0 radical (unpaired) electrons. The molecule has 4 nitrogen and oxygen atoms in total. The Balaban J connectivity index is 1.82. The number of hydrogen-bond acceptors (Lipinski definition) is 3. The molecule has 1 amide bonds. The normalized spacial score (nSPS) is 10.1. The Labute approximate surface area is 158 Å². The highest BCUT2D eigenvalue weighted by molar-refractivity contribution is 9.10. The monoisotopic (exact) mass is 409 g/mol. The minimum absolute atomic E-state index is 0.139. The molecule has 0 unspecified atom stereocenters. The number of halogens is 1. The van der Waals surface area contributed by atoms with Crippen molar-refractivity contribution >= 4 is 55.6 Å². The third-order valence-electron chi connectivity index (χ3n) is 3.64. The van der Waals surface area contributed by atoms with E-state index in [0.717, 1.165) is 15.2 Å². The summed E-state index contributed by atoms with van der Waals surface area (Å²) in [5.41, 5.74) is 1.53. The number of benzene rings is 3. The fourth-order valence-corrected chi connectivity index (χ4v) is 3.18. The summed E-state index contributed by atoms with van der Waals surface area (Å²) in [5.74, 6) is -0.310. The van der Waals surface area contributed by atoms with Crippen LogP contribution in [0.3, 0.4) is 0 Å². The van der Waals surface area contributed by atoms with Crippen molar-refractivity contribution < 1.29 is 4.79 Å². The van der Waals surface area contributed by atoms with E-state index in [1.54, 1.807) is 30.3 Å². The predicted molar refractivity (Wildman–Crippen MR) is 106 cm³/mol. The molecule has 3 aromatic rings. The molecule has 0 saturated heterocycles. The molecule has 0 aromatic heterocycles. The second-order valence-electron chi connectivity index (χ2n) is 5.21. The van der Waals surface area contributed by atoms with Gasteiger partial charge in [-0.1, -0.05) is 52.3 Å². The Morgan fingerprint density at radius 1 is 1.00 bits per heavy atom. The Morgan fingerprint density at radius 3 is 2.52 bits per heavy atom. The van der Waals surface area contributed by atoms with Gasteiger partial charge < -0.3 is 5.32 Å². The van der Waals surface area contributed by atoms with Crippen molar-refractivity contribution in [3.63, 3.8) is 0 Å². The van der Waals surface area contributed by atoms with E-state index >= 15 is 0 Å². The molecule has 0 spiro atoms. The maximum atomic E-state index is 12.6. The lowest BCUT2D eigenvalue weighted by Gasteiger charge is -2.12. The number of nitriles is 1. The number of rotatable bonds is 2. The van der Waals surface area contributed by atoms with Gasteiger partial charge in [0.05, 0.1) is 11.3 Å². The number of amides is 1. The Bertz CT molecular complexity index is 1030. The van der Waals surface area contributed by atoms with E-state index in [1.165, 1.54) is 0 Å². The van der Waals surface area contributed by atoms with Gasteiger partial charge in [0, 0.05) is 10.0 Å². The van der Waals surface area contributed by atoms with Crippen LogP contribution in [0.15, 0.2) is 65.1 Å². The van der Waals surface area contributed by atoms with Gasteiger partial charge >= 0.3 is 0 Å². The lowest BCUT2D eigenvalue weighted by atomic mass is 10.0. The zero-order valence-corrected chi connectivity index (χ0v) is 15.3. The second kappa shape index (κ2) is 7.43. The molecule has 0 saturated carbocycles. The van der Waals surface area contributed by atoms with Crippen molar-refractivity contribution in [2.75, 3.05) is 5.32 Å². The summed E-state index contributed by atoms with van der Waals surface area (Å²) >= 11 is 8.70. The van der Waals surface area contributed by atoms with Crippen LogP contribution in [-0.2, 0) is 0 Å². The maximum absolute atomic E-state index is 12.6. The predicted octanol–water partition coefficient (Wildman–Crippen LogP) is 4.60. The molecule has 0 fully saturated rings. The quantitative estimate of drug-likeness (QED) is 0.606. The highest BCUT2D eigenvalue weighted by atomic mass is 79.9. The number of fused-ring (bicyclic) bond motifs is 1. The van der Waals surface area contributed by atoms with Crippen molar-refractivity contribution in [2.24, 2.45) is 0 Å². The van der Waals surface area contributed by atoms with Crippen molar-refractivity contribution in [2.45, 2.75) is 0 Å². The zero-order chi connectivity index (χ0) is 17.8. The van der Waals surface area contributed by atoms with Gasteiger partial charge in [-0.25, -0.2) is 0 Å². The van der Waals surface area contributed by atoms with E-state index in [9.17, 15) is 4.79 Å². The van der Waals surface area contributed by atoms with Crippen LogP contribution < -0.4 is 10.6 Å². The average Bonchev–Trinajstić information content (AvgIpc) is 2.62. The van der Waals surface area contributed by atoms with Gasteiger partial charge in [-0.15, -0.1) is 0 Å². The number of para-hydroxylation sites is 1. The van der Waals surface area contributed by atoms with Crippen molar-refractivity contribution in [3.8, 4) is 6.07 Å². The summed E-state index contributed by atoms with van der Waals surface area (Å²) < 4.78 is 0.920. The number of hydrogen-bond donors (Lipinski definition) is 2. The van der Waals surface area contributed by atoms with Crippen LogP contribution in [0.2, 0.25) is 0 Å². The van der Waals surface area contributed by atoms with E-state index in [4.69, 9.17) is 17.5 Å². The highest BCUT2D eigenvalue weighted by Crippen LogP contribution is 2.26. The largest absolute Gasteiger partial charge is 0.331 e. The first-order chi connectivity index (χ1) is 12.1. The summed E-state index contributed by atoms with van der Waals surface area (Å²) in [5, 5.41) is 16.6. The van der Waals surface area contributed by atoms with Gasteiger partial charge in [0.25, 0.3) is 5.91 Å². The lowest BCUT2D eigenvalue weighted by Crippen LogP contribution is -2.34. The first-order valence-electron chi connectivity index (χ1n) is 7.39. The van der Waals surface area contributed by atoms with Crippen LogP contribution in [0.4, 0.5) is 5.69 Å². The van der Waals surface area contributed by atoms with Gasteiger partial charge in [0.15, 0.2) is 5.11 Å². The van der Waals surface area contributed by atoms with Crippen LogP contribution >= 0.6 is 28.1 Å². The molecular formula is C19H12BrN3OS. The molecular weight excluding hydrogens is 398 g/mol. The van der Waals surface area contributed by atoms with Gasteiger partial charge in [-0.3, -0.25) is 10.1 Å². The Hall–Kier alpha value is -2.75. The van der Waals surface area contributed by atoms with E-state index in [0.29, 0.717) is 16.8 Å². The van der Waals surface area contributed by atoms with Gasteiger partial charge in [0.2, 0.25) is 0 Å². The minimum atomic E-state index is -0.310. The molecule has 3 rings (SSSR count). The van der Waals surface area contributed by atoms with Gasteiger partial charge in [-0.05, 0) is 47.3 Å². The highest BCUT2D eigenvalue weighted by Gasteiger charge is 2.13. The van der Waals surface area contributed by atoms with E-state index in [2.05, 4.69) is 32.6 Å². The smallest absolute Gasteiger partial charge is 0.258 e. The van der Waals surface area contributed by atoms with E-state index in [1.807, 2.05) is 30.3 Å². The number of carbonyl (C=O) groups is 1. The summed E-state index contributed by atoms with van der Waals surface area (Å²) in [7, 11) is 0. The molecule has 0 atom stereocenters.